The summed E-state index contributed by atoms with van der Waals surface area (Å²) in [6.45, 7) is 3.97. The number of aryl methyl sites for hydroxylation is 2. The van der Waals surface area contributed by atoms with Crippen molar-refractivity contribution in [1.82, 2.24) is 34.3 Å². The van der Waals surface area contributed by atoms with Crippen LogP contribution in [0.2, 0.25) is 0 Å². The minimum atomic E-state index is 0.433. The Morgan fingerprint density at radius 3 is 2.85 bits per heavy atom. The number of hydrogen-bond acceptors (Lipinski definition) is 8. The molecule has 0 saturated carbocycles. The molecule has 1 aromatic carbocycles. The summed E-state index contributed by atoms with van der Waals surface area (Å²) in [6.07, 6.45) is 4.91. The lowest BCUT2D eigenvalue weighted by atomic mass is 10.1. The topological polar surface area (TPSA) is 95.4 Å². The van der Waals surface area contributed by atoms with E-state index in [1.165, 1.54) is 17.9 Å². The summed E-state index contributed by atoms with van der Waals surface area (Å²) in [4.78, 5) is 13.8. The second-order valence-electron chi connectivity index (χ2n) is 6.11. The molecule has 5 aromatic rings. The Morgan fingerprint density at radius 2 is 2.04 bits per heavy atom. The zero-order valence-electron chi connectivity index (χ0n) is 14.5. The molecule has 0 saturated heterocycles. The molecule has 0 atom stereocenters. The Labute approximate surface area is 157 Å². The molecule has 0 radical (unpaired) electrons. The van der Waals surface area contributed by atoms with E-state index in [0.717, 1.165) is 38.3 Å². The molecule has 0 aliphatic rings. The quantitative estimate of drug-likeness (QED) is 0.475. The van der Waals surface area contributed by atoms with Crippen LogP contribution >= 0.6 is 11.5 Å². The van der Waals surface area contributed by atoms with Gasteiger partial charge in [0.05, 0.1) is 16.9 Å². The molecule has 0 amide bonds. The normalized spacial score (nSPS) is 11.3. The molecule has 4 aromatic heterocycles. The van der Waals surface area contributed by atoms with Gasteiger partial charge in [-0.05, 0) is 55.2 Å². The van der Waals surface area contributed by atoms with Crippen molar-refractivity contribution in [2.24, 2.45) is 0 Å². The smallest absolute Gasteiger partial charge is 0.259 e. The Hall–Kier alpha value is -3.46. The van der Waals surface area contributed by atoms with Crippen molar-refractivity contribution in [3.63, 3.8) is 0 Å². The van der Waals surface area contributed by atoms with E-state index in [4.69, 9.17) is 4.52 Å². The number of rotatable bonds is 3. The van der Waals surface area contributed by atoms with E-state index >= 15 is 0 Å². The fourth-order valence-corrected chi connectivity index (χ4v) is 3.63. The minimum Gasteiger partial charge on any atom is -0.334 e. The van der Waals surface area contributed by atoms with Gasteiger partial charge < -0.3 is 4.52 Å². The van der Waals surface area contributed by atoms with E-state index in [9.17, 15) is 0 Å². The fourth-order valence-electron chi connectivity index (χ4n) is 2.90. The van der Waals surface area contributed by atoms with Crippen molar-refractivity contribution in [2.75, 3.05) is 0 Å². The highest BCUT2D eigenvalue weighted by atomic mass is 32.1. The highest BCUT2D eigenvalue weighted by Gasteiger charge is 2.14. The number of hydrogen-bond donors (Lipinski definition) is 0. The maximum Gasteiger partial charge on any atom is 0.259 e. The van der Waals surface area contributed by atoms with Gasteiger partial charge in [-0.1, -0.05) is 5.16 Å². The molecule has 0 aliphatic carbocycles. The molecular weight excluding hydrogens is 362 g/mol. The van der Waals surface area contributed by atoms with Crippen molar-refractivity contribution in [3.8, 4) is 28.5 Å². The van der Waals surface area contributed by atoms with Crippen LogP contribution in [0.4, 0.5) is 0 Å². The Morgan fingerprint density at radius 1 is 1.11 bits per heavy atom. The molecular formula is C18H13N7OS. The van der Waals surface area contributed by atoms with Crippen LogP contribution in [0, 0.1) is 13.8 Å². The second-order valence-corrected chi connectivity index (χ2v) is 6.86. The Balaban J connectivity index is 1.51. The average Bonchev–Trinajstić information content (AvgIpc) is 3.43. The van der Waals surface area contributed by atoms with Gasteiger partial charge in [-0.25, -0.2) is 14.6 Å². The number of benzene rings is 1. The van der Waals surface area contributed by atoms with Crippen LogP contribution in [-0.2, 0) is 0 Å². The second kappa shape index (κ2) is 6.06. The molecule has 0 fully saturated rings. The number of aromatic nitrogens is 7. The molecule has 27 heavy (non-hydrogen) atoms. The molecule has 5 rings (SSSR count). The SMILES string of the molecule is Cc1cc(-c2noc(-c3cnc4snc(C)c4c3)n2)ccc1-n1cncn1. The van der Waals surface area contributed by atoms with Gasteiger partial charge in [-0.3, -0.25) is 0 Å². The van der Waals surface area contributed by atoms with Crippen molar-refractivity contribution >= 4 is 21.7 Å². The van der Waals surface area contributed by atoms with Crippen LogP contribution in [0.3, 0.4) is 0 Å². The van der Waals surface area contributed by atoms with Crippen LogP contribution < -0.4 is 0 Å². The lowest BCUT2D eigenvalue weighted by Crippen LogP contribution is -1.97. The predicted octanol–water partition coefficient (Wildman–Crippen LogP) is 3.61. The Bertz CT molecular complexity index is 1260. The van der Waals surface area contributed by atoms with Crippen LogP contribution in [0.5, 0.6) is 0 Å². The first-order valence-corrected chi connectivity index (χ1v) is 8.98. The molecule has 9 heteroatoms. The summed E-state index contributed by atoms with van der Waals surface area (Å²) >= 11 is 1.38. The third-order valence-corrected chi connectivity index (χ3v) is 5.17. The minimum absolute atomic E-state index is 0.433. The maximum atomic E-state index is 5.47. The van der Waals surface area contributed by atoms with E-state index in [1.807, 2.05) is 38.1 Å². The van der Waals surface area contributed by atoms with Crippen molar-refractivity contribution in [3.05, 3.63) is 54.4 Å². The van der Waals surface area contributed by atoms with Gasteiger partial charge >= 0.3 is 0 Å². The van der Waals surface area contributed by atoms with Crippen molar-refractivity contribution in [1.29, 1.82) is 0 Å². The number of fused-ring (bicyclic) bond motifs is 1. The first-order chi connectivity index (χ1) is 13.2. The lowest BCUT2D eigenvalue weighted by Gasteiger charge is -2.05. The summed E-state index contributed by atoms with van der Waals surface area (Å²) in [6, 6.07) is 7.88. The fraction of sp³-hybridized carbons (Fsp3) is 0.111. The van der Waals surface area contributed by atoms with Gasteiger partial charge in [0.1, 0.15) is 17.5 Å². The van der Waals surface area contributed by atoms with Gasteiger partial charge in [0.15, 0.2) is 0 Å². The maximum absolute atomic E-state index is 5.47. The van der Waals surface area contributed by atoms with Crippen LogP contribution in [0.15, 0.2) is 47.6 Å². The average molecular weight is 375 g/mol. The van der Waals surface area contributed by atoms with Crippen LogP contribution in [0.25, 0.3) is 38.7 Å². The van der Waals surface area contributed by atoms with Crippen LogP contribution in [-0.4, -0.2) is 34.3 Å². The van der Waals surface area contributed by atoms with Crippen LogP contribution in [0.1, 0.15) is 11.3 Å². The van der Waals surface area contributed by atoms with E-state index in [2.05, 4.69) is 29.6 Å². The van der Waals surface area contributed by atoms with Crippen molar-refractivity contribution < 1.29 is 4.52 Å². The molecule has 0 spiro atoms. The number of nitrogens with zero attached hydrogens (tertiary/aromatic N) is 7. The Kier molecular flexibility index (Phi) is 3.54. The summed E-state index contributed by atoms with van der Waals surface area (Å²) in [5, 5.41) is 9.30. The van der Waals surface area contributed by atoms with E-state index in [0.29, 0.717) is 11.7 Å². The largest absolute Gasteiger partial charge is 0.334 e. The van der Waals surface area contributed by atoms with E-state index < -0.39 is 0 Å². The van der Waals surface area contributed by atoms with E-state index in [1.54, 1.807) is 17.2 Å². The third-order valence-electron chi connectivity index (χ3n) is 4.30. The molecule has 0 unspecified atom stereocenters. The van der Waals surface area contributed by atoms with Gasteiger partial charge in [0.2, 0.25) is 5.82 Å². The summed E-state index contributed by atoms with van der Waals surface area (Å²) in [5.74, 6) is 0.960. The standard InChI is InChI=1S/C18H13N7OS/c1-10-5-12(3-4-15(10)25-9-19-8-21-25)16-22-17(26-23-16)13-6-14-11(2)24-27-18(14)20-7-13/h3-9H,1-2H3. The highest BCUT2D eigenvalue weighted by molar-refractivity contribution is 7.12. The number of pyridine rings is 1. The van der Waals surface area contributed by atoms with Gasteiger partial charge in [0, 0.05) is 17.1 Å². The van der Waals surface area contributed by atoms with Gasteiger partial charge in [0.25, 0.3) is 5.89 Å². The third kappa shape index (κ3) is 2.68. The van der Waals surface area contributed by atoms with Gasteiger partial charge in [-0.15, -0.1) is 0 Å². The molecule has 8 nitrogen and oxygen atoms in total. The molecule has 0 bridgehead atoms. The first-order valence-electron chi connectivity index (χ1n) is 8.21. The van der Waals surface area contributed by atoms with Gasteiger partial charge in [-0.2, -0.15) is 14.5 Å². The summed E-state index contributed by atoms with van der Waals surface area (Å²) in [7, 11) is 0. The van der Waals surface area contributed by atoms with E-state index in [-0.39, 0.29) is 0 Å². The molecule has 0 N–H and O–H groups in total. The lowest BCUT2D eigenvalue weighted by molar-refractivity contribution is 0.432. The monoisotopic (exact) mass is 375 g/mol. The summed E-state index contributed by atoms with van der Waals surface area (Å²) < 4.78 is 11.5. The van der Waals surface area contributed by atoms with Crippen molar-refractivity contribution in [2.45, 2.75) is 13.8 Å². The molecule has 0 aliphatic heterocycles. The zero-order valence-corrected chi connectivity index (χ0v) is 15.3. The summed E-state index contributed by atoms with van der Waals surface area (Å²) in [5.41, 5.74) is 4.58. The predicted molar refractivity (Wildman–Crippen MR) is 101 cm³/mol. The molecule has 132 valence electrons. The highest BCUT2D eigenvalue weighted by Crippen LogP contribution is 2.28. The molecule has 4 heterocycles. The first kappa shape index (κ1) is 15.8. The zero-order chi connectivity index (χ0) is 18.4.